The van der Waals surface area contributed by atoms with Gasteiger partial charge in [-0.1, -0.05) is 26.0 Å². The van der Waals surface area contributed by atoms with Crippen molar-refractivity contribution in [3.8, 4) is 0 Å². The Morgan fingerprint density at radius 3 is 2.86 bits per heavy atom. The first-order valence-electron chi connectivity index (χ1n) is 9.26. The highest BCUT2D eigenvalue weighted by Crippen LogP contribution is 2.36. The van der Waals surface area contributed by atoms with Gasteiger partial charge >= 0.3 is 0 Å². The summed E-state index contributed by atoms with van der Waals surface area (Å²) >= 11 is 0. The molecule has 1 fully saturated rings. The molecule has 28 heavy (non-hydrogen) atoms. The zero-order chi connectivity index (χ0) is 19.9. The molecule has 1 amide bonds. The van der Waals surface area contributed by atoms with Crippen LogP contribution in [0.4, 0.5) is 8.78 Å². The number of carbonyl (C=O) groups is 1. The lowest BCUT2D eigenvalue weighted by Crippen LogP contribution is -2.49. The highest BCUT2D eigenvalue weighted by molar-refractivity contribution is 5.94. The molecule has 1 aliphatic rings. The van der Waals surface area contributed by atoms with Gasteiger partial charge in [-0.25, -0.2) is 18.3 Å². The van der Waals surface area contributed by atoms with Crippen LogP contribution in [0, 0.1) is 0 Å². The fourth-order valence-electron chi connectivity index (χ4n) is 3.73. The summed E-state index contributed by atoms with van der Waals surface area (Å²) in [6, 6.07) is 8.86. The van der Waals surface area contributed by atoms with Crippen LogP contribution in [-0.2, 0) is 0 Å². The summed E-state index contributed by atoms with van der Waals surface area (Å²) < 4.78 is 30.6. The van der Waals surface area contributed by atoms with Crippen LogP contribution in [-0.4, -0.2) is 49.4 Å². The predicted octanol–water partition coefficient (Wildman–Crippen LogP) is 3.51. The van der Waals surface area contributed by atoms with Crippen LogP contribution >= 0.6 is 0 Å². The number of nitrogens with zero attached hydrogens (tertiary/aromatic N) is 5. The minimum absolute atomic E-state index is 0.194. The van der Waals surface area contributed by atoms with E-state index < -0.39 is 18.4 Å². The molecule has 0 radical (unpaired) electrons. The lowest BCUT2D eigenvalue weighted by molar-refractivity contribution is -0.0640. The minimum atomic E-state index is -2.98. The van der Waals surface area contributed by atoms with Crippen LogP contribution in [0.1, 0.15) is 53.7 Å². The van der Waals surface area contributed by atoms with Gasteiger partial charge in [0.15, 0.2) is 0 Å². The van der Waals surface area contributed by atoms with E-state index in [4.69, 9.17) is 0 Å². The first-order valence-corrected chi connectivity index (χ1v) is 9.26. The van der Waals surface area contributed by atoms with Gasteiger partial charge in [0.05, 0.1) is 12.2 Å². The molecular formula is C20H21F2N5O. The summed E-state index contributed by atoms with van der Waals surface area (Å²) in [5, 5.41) is 4.10. The molecule has 0 aliphatic carbocycles. The largest absolute Gasteiger partial charge is 0.332 e. The number of benzene rings is 1. The number of hydrogen-bond donors (Lipinski definition) is 0. The monoisotopic (exact) mass is 385 g/mol. The van der Waals surface area contributed by atoms with Crippen LogP contribution < -0.4 is 0 Å². The molecule has 8 heteroatoms. The second-order valence-electron chi connectivity index (χ2n) is 7.56. The summed E-state index contributed by atoms with van der Waals surface area (Å²) in [5.41, 5.74) is 2.02. The number of rotatable bonds is 3. The summed E-state index contributed by atoms with van der Waals surface area (Å²) in [5.74, 6) is -3.32. The molecule has 3 heterocycles. The average molecular weight is 385 g/mol. The fraction of sp³-hybridized carbons (Fsp3) is 0.400. The van der Waals surface area contributed by atoms with Gasteiger partial charge in [-0.2, -0.15) is 10.1 Å². The van der Waals surface area contributed by atoms with Crippen LogP contribution in [0.15, 0.2) is 42.9 Å². The highest BCUT2D eigenvalue weighted by Gasteiger charge is 2.43. The number of halogens is 2. The van der Waals surface area contributed by atoms with Crippen LogP contribution in [0.3, 0.4) is 0 Å². The Morgan fingerprint density at radius 1 is 1.25 bits per heavy atom. The molecule has 1 saturated heterocycles. The van der Waals surface area contributed by atoms with Crippen molar-refractivity contribution in [3.63, 3.8) is 0 Å². The van der Waals surface area contributed by atoms with Crippen molar-refractivity contribution >= 4 is 11.7 Å². The summed E-state index contributed by atoms with van der Waals surface area (Å²) in [6.45, 7) is 3.67. The van der Waals surface area contributed by atoms with Crippen molar-refractivity contribution in [2.24, 2.45) is 0 Å². The molecule has 0 saturated carbocycles. The quantitative estimate of drug-likeness (QED) is 0.692. The lowest BCUT2D eigenvalue weighted by Gasteiger charge is -2.37. The SMILES string of the molecule is CC(C)c1cccc(C(=O)N2CC(c3ccnc4ncnn34)CC(F)(F)C2)c1. The maximum atomic E-state index is 14.5. The molecule has 1 aliphatic heterocycles. The highest BCUT2D eigenvalue weighted by atomic mass is 19.3. The number of carbonyl (C=O) groups excluding carboxylic acids is 1. The molecule has 1 atom stereocenters. The van der Waals surface area contributed by atoms with E-state index in [0.717, 1.165) is 5.56 Å². The van der Waals surface area contributed by atoms with E-state index in [1.54, 1.807) is 24.3 Å². The predicted molar refractivity (Wildman–Crippen MR) is 99.5 cm³/mol. The molecule has 4 rings (SSSR count). The van der Waals surface area contributed by atoms with E-state index in [1.165, 1.54) is 21.9 Å². The Balaban J connectivity index is 1.66. The molecule has 2 aromatic heterocycles. The Morgan fingerprint density at radius 2 is 2.07 bits per heavy atom. The summed E-state index contributed by atoms with van der Waals surface area (Å²) in [7, 11) is 0. The van der Waals surface area contributed by atoms with E-state index in [-0.39, 0.29) is 24.8 Å². The Kier molecular flexibility index (Phi) is 4.56. The van der Waals surface area contributed by atoms with Crippen molar-refractivity contribution in [2.45, 2.75) is 38.0 Å². The molecule has 146 valence electrons. The zero-order valence-electron chi connectivity index (χ0n) is 15.7. The number of likely N-dealkylation sites (tertiary alicyclic amines) is 1. The number of alkyl halides is 2. The lowest BCUT2D eigenvalue weighted by atomic mass is 9.91. The maximum Gasteiger partial charge on any atom is 0.266 e. The smallest absolute Gasteiger partial charge is 0.266 e. The van der Waals surface area contributed by atoms with E-state index in [2.05, 4.69) is 15.1 Å². The van der Waals surface area contributed by atoms with Gasteiger partial charge in [0.1, 0.15) is 6.33 Å². The Labute approximate surface area is 161 Å². The van der Waals surface area contributed by atoms with E-state index >= 15 is 0 Å². The topological polar surface area (TPSA) is 63.4 Å². The van der Waals surface area contributed by atoms with Gasteiger partial charge in [0.2, 0.25) is 0 Å². The van der Waals surface area contributed by atoms with Crippen LogP contribution in [0.25, 0.3) is 5.78 Å². The molecule has 0 bridgehead atoms. The van der Waals surface area contributed by atoms with E-state index in [0.29, 0.717) is 17.0 Å². The van der Waals surface area contributed by atoms with Crippen molar-refractivity contribution < 1.29 is 13.6 Å². The van der Waals surface area contributed by atoms with E-state index in [9.17, 15) is 13.6 Å². The molecule has 1 unspecified atom stereocenters. The Hall–Kier alpha value is -2.90. The van der Waals surface area contributed by atoms with Crippen molar-refractivity contribution in [1.82, 2.24) is 24.5 Å². The average Bonchev–Trinajstić information content (AvgIpc) is 3.15. The standard InChI is InChI=1S/C20H21F2N5O/c1-13(2)14-4-3-5-15(8-14)18(28)26-10-16(9-20(21,22)11-26)17-6-7-23-19-24-12-25-27(17)19/h3-8,12-13,16H,9-11H2,1-2H3. The normalized spacial score (nSPS) is 19.3. The van der Waals surface area contributed by atoms with Gasteiger partial charge in [-0.15, -0.1) is 0 Å². The van der Waals surface area contributed by atoms with Crippen molar-refractivity contribution in [2.75, 3.05) is 13.1 Å². The number of piperidine rings is 1. The molecule has 1 aromatic carbocycles. The second kappa shape index (κ2) is 6.92. The van der Waals surface area contributed by atoms with Gasteiger partial charge in [-0.3, -0.25) is 4.79 Å². The van der Waals surface area contributed by atoms with Crippen molar-refractivity contribution in [3.05, 3.63) is 59.7 Å². The van der Waals surface area contributed by atoms with Gasteiger partial charge in [-0.05, 0) is 29.7 Å². The third kappa shape index (κ3) is 3.46. The van der Waals surface area contributed by atoms with Gasteiger partial charge < -0.3 is 4.90 Å². The molecular weight excluding hydrogens is 364 g/mol. The Bertz CT molecular complexity index is 1020. The molecule has 0 N–H and O–H groups in total. The zero-order valence-corrected chi connectivity index (χ0v) is 15.7. The van der Waals surface area contributed by atoms with Gasteiger partial charge in [0.25, 0.3) is 17.6 Å². The maximum absolute atomic E-state index is 14.5. The third-order valence-corrected chi connectivity index (χ3v) is 5.12. The first kappa shape index (κ1) is 18.5. The molecule has 3 aromatic rings. The molecule has 6 nitrogen and oxygen atoms in total. The van der Waals surface area contributed by atoms with Gasteiger partial charge in [0, 0.05) is 30.6 Å². The number of aromatic nitrogens is 4. The second-order valence-corrected chi connectivity index (χ2v) is 7.56. The third-order valence-electron chi connectivity index (χ3n) is 5.12. The molecule has 0 spiro atoms. The fourth-order valence-corrected chi connectivity index (χ4v) is 3.73. The van der Waals surface area contributed by atoms with Crippen LogP contribution in [0.2, 0.25) is 0 Å². The van der Waals surface area contributed by atoms with Crippen molar-refractivity contribution in [1.29, 1.82) is 0 Å². The minimum Gasteiger partial charge on any atom is -0.332 e. The number of hydrogen-bond acceptors (Lipinski definition) is 4. The number of amides is 1. The number of fused-ring (bicyclic) bond motifs is 1. The summed E-state index contributed by atoms with van der Waals surface area (Å²) in [6.07, 6.45) is 2.53. The first-order chi connectivity index (χ1) is 13.3. The van der Waals surface area contributed by atoms with E-state index in [1.807, 2.05) is 19.9 Å². The summed E-state index contributed by atoms with van der Waals surface area (Å²) in [4.78, 5) is 22.3. The van der Waals surface area contributed by atoms with Crippen LogP contribution in [0.5, 0.6) is 0 Å².